The van der Waals surface area contributed by atoms with Crippen molar-refractivity contribution in [2.45, 2.75) is 36.7 Å². The summed E-state index contributed by atoms with van der Waals surface area (Å²) in [6.45, 7) is 1.32. The number of nitrogens with two attached hydrogens (primary N) is 1. The molecule has 0 fully saturated rings. The zero-order chi connectivity index (χ0) is 21.2. The smallest absolute Gasteiger partial charge is 0.243 e. The third kappa shape index (κ3) is 7.50. The Hall–Kier alpha value is -3.00. The van der Waals surface area contributed by atoms with Crippen LogP contribution in [-0.4, -0.2) is 39.8 Å². The fourth-order valence-electron chi connectivity index (χ4n) is 2.78. The SMILES string of the molecule is CC(=O)N[C@@H](Cc1ccccc1)C(=O)N[C@@H](CC[S@@](=O)c1ccccc1)C(N)=O. The summed E-state index contributed by atoms with van der Waals surface area (Å²) in [5.74, 6) is -1.42. The van der Waals surface area contributed by atoms with Crippen molar-refractivity contribution in [3.8, 4) is 0 Å². The molecule has 29 heavy (non-hydrogen) atoms. The van der Waals surface area contributed by atoms with Crippen molar-refractivity contribution < 1.29 is 18.6 Å². The number of nitrogens with one attached hydrogen (secondary N) is 2. The Morgan fingerprint density at radius 1 is 0.931 bits per heavy atom. The van der Waals surface area contributed by atoms with Gasteiger partial charge in [0.1, 0.15) is 12.1 Å². The molecule has 4 N–H and O–H groups in total. The van der Waals surface area contributed by atoms with E-state index in [-0.39, 0.29) is 24.5 Å². The normalized spacial score (nSPS) is 13.7. The molecule has 0 unspecified atom stereocenters. The number of carbonyl (C=O) groups is 3. The molecular formula is C21H25N3O4S. The quantitative estimate of drug-likeness (QED) is 0.534. The fourth-order valence-corrected chi connectivity index (χ4v) is 3.92. The van der Waals surface area contributed by atoms with Gasteiger partial charge in [0, 0.05) is 24.0 Å². The molecule has 0 aliphatic heterocycles. The van der Waals surface area contributed by atoms with Crippen molar-refractivity contribution in [3.05, 3.63) is 66.2 Å². The highest BCUT2D eigenvalue weighted by atomic mass is 32.2. The highest BCUT2D eigenvalue weighted by Gasteiger charge is 2.25. The zero-order valence-corrected chi connectivity index (χ0v) is 17.0. The lowest BCUT2D eigenvalue weighted by Crippen LogP contribution is -2.53. The van der Waals surface area contributed by atoms with E-state index in [4.69, 9.17) is 5.73 Å². The van der Waals surface area contributed by atoms with E-state index >= 15 is 0 Å². The van der Waals surface area contributed by atoms with Crippen molar-refractivity contribution in [2.24, 2.45) is 5.73 Å². The first-order valence-electron chi connectivity index (χ1n) is 9.21. The number of rotatable bonds is 10. The average molecular weight is 416 g/mol. The Balaban J connectivity index is 2.02. The molecule has 0 saturated carbocycles. The molecule has 0 aromatic heterocycles. The lowest BCUT2D eigenvalue weighted by Gasteiger charge is -2.21. The van der Waals surface area contributed by atoms with E-state index in [2.05, 4.69) is 10.6 Å². The van der Waals surface area contributed by atoms with Gasteiger partial charge in [0.2, 0.25) is 17.7 Å². The number of benzene rings is 2. The molecular weight excluding hydrogens is 390 g/mol. The Morgan fingerprint density at radius 2 is 1.52 bits per heavy atom. The van der Waals surface area contributed by atoms with Gasteiger partial charge >= 0.3 is 0 Å². The van der Waals surface area contributed by atoms with Gasteiger partial charge in [-0.1, -0.05) is 48.5 Å². The van der Waals surface area contributed by atoms with Gasteiger partial charge in [-0.15, -0.1) is 0 Å². The summed E-state index contributed by atoms with van der Waals surface area (Å²) in [6, 6.07) is 16.2. The molecule has 0 aliphatic rings. The minimum atomic E-state index is -1.32. The molecule has 2 rings (SSSR count). The molecule has 2 aromatic carbocycles. The number of primary amides is 1. The first-order valence-corrected chi connectivity index (χ1v) is 10.5. The Labute approximate surface area is 172 Å². The second-order valence-corrected chi connectivity index (χ2v) is 8.13. The molecule has 0 bridgehead atoms. The largest absolute Gasteiger partial charge is 0.368 e. The molecule has 0 aliphatic carbocycles. The molecule has 0 radical (unpaired) electrons. The standard InChI is InChI=1S/C21H25N3O4S/c1-15(25)23-19(14-16-8-4-2-5-9-16)21(27)24-18(20(22)26)12-13-29(28)17-10-6-3-7-11-17/h2-11,18-19H,12-14H2,1H3,(H2,22,26)(H,23,25)(H,24,27)/t18-,19-,29+/m0/s1. The Morgan fingerprint density at radius 3 is 2.07 bits per heavy atom. The third-order valence-electron chi connectivity index (χ3n) is 4.23. The number of hydrogen-bond donors (Lipinski definition) is 3. The van der Waals surface area contributed by atoms with Crippen molar-refractivity contribution in [3.63, 3.8) is 0 Å². The summed E-state index contributed by atoms with van der Waals surface area (Å²) in [4.78, 5) is 36.7. The van der Waals surface area contributed by atoms with E-state index in [0.717, 1.165) is 5.56 Å². The van der Waals surface area contributed by atoms with Crippen LogP contribution >= 0.6 is 0 Å². The van der Waals surface area contributed by atoms with Crippen LogP contribution < -0.4 is 16.4 Å². The van der Waals surface area contributed by atoms with E-state index in [0.29, 0.717) is 4.90 Å². The molecule has 3 atom stereocenters. The second kappa shape index (κ2) is 11.1. The first kappa shape index (κ1) is 22.3. The fraction of sp³-hybridized carbons (Fsp3) is 0.286. The van der Waals surface area contributed by atoms with Crippen molar-refractivity contribution in [2.75, 3.05) is 5.75 Å². The molecule has 0 saturated heterocycles. The summed E-state index contributed by atoms with van der Waals surface area (Å²) < 4.78 is 12.4. The van der Waals surface area contributed by atoms with Crippen LogP contribution in [0.5, 0.6) is 0 Å². The molecule has 7 nitrogen and oxygen atoms in total. The predicted octanol–water partition coefficient (Wildman–Crippen LogP) is 0.902. The van der Waals surface area contributed by atoms with Gasteiger partial charge in [0.25, 0.3) is 0 Å². The molecule has 8 heteroatoms. The predicted molar refractivity (Wildman–Crippen MR) is 111 cm³/mol. The summed E-state index contributed by atoms with van der Waals surface area (Å²) in [7, 11) is -1.32. The van der Waals surface area contributed by atoms with Gasteiger partial charge in [0.15, 0.2) is 0 Å². The number of carbonyl (C=O) groups excluding carboxylic acids is 3. The second-order valence-electron chi connectivity index (χ2n) is 6.56. The van der Waals surface area contributed by atoms with E-state index < -0.39 is 34.7 Å². The summed E-state index contributed by atoms with van der Waals surface area (Å²) >= 11 is 0. The Kier molecular flexibility index (Phi) is 8.54. The van der Waals surface area contributed by atoms with Crippen LogP contribution in [0.2, 0.25) is 0 Å². The zero-order valence-electron chi connectivity index (χ0n) is 16.2. The van der Waals surface area contributed by atoms with Crippen molar-refractivity contribution >= 4 is 28.5 Å². The molecule has 154 valence electrons. The number of hydrogen-bond acceptors (Lipinski definition) is 4. The van der Waals surface area contributed by atoms with E-state index in [9.17, 15) is 18.6 Å². The Bertz CT molecular complexity index is 859. The van der Waals surface area contributed by atoms with Gasteiger partial charge in [-0.05, 0) is 24.1 Å². The van der Waals surface area contributed by atoms with Gasteiger partial charge in [-0.3, -0.25) is 18.6 Å². The van der Waals surface area contributed by atoms with Crippen LogP contribution in [0.15, 0.2) is 65.6 Å². The van der Waals surface area contributed by atoms with Crippen LogP contribution in [0, 0.1) is 0 Å². The highest BCUT2D eigenvalue weighted by Crippen LogP contribution is 2.09. The monoisotopic (exact) mass is 415 g/mol. The van der Waals surface area contributed by atoms with Crippen LogP contribution in [0.3, 0.4) is 0 Å². The third-order valence-corrected chi connectivity index (χ3v) is 5.64. The van der Waals surface area contributed by atoms with Gasteiger partial charge in [-0.25, -0.2) is 0 Å². The van der Waals surface area contributed by atoms with Crippen molar-refractivity contribution in [1.29, 1.82) is 0 Å². The van der Waals surface area contributed by atoms with Crippen LogP contribution in [0.4, 0.5) is 0 Å². The highest BCUT2D eigenvalue weighted by molar-refractivity contribution is 7.85. The van der Waals surface area contributed by atoms with Crippen LogP contribution in [0.25, 0.3) is 0 Å². The van der Waals surface area contributed by atoms with Gasteiger partial charge in [-0.2, -0.15) is 0 Å². The minimum absolute atomic E-state index is 0.126. The average Bonchev–Trinajstić information content (AvgIpc) is 2.71. The van der Waals surface area contributed by atoms with Crippen LogP contribution in [-0.2, 0) is 31.6 Å². The van der Waals surface area contributed by atoms with Gasteiger partial charge in [0.05, 0.1) is 10.8 Å². The van der Waals surface area contributed by atoms with Crippen LogP contribution in [0.1, 0.15) is 18.9 Å². The molecule has 2 aromatic rings. The summed E-state index contributed by atoms with van der Waals surface area (Å²) in [5.41, 5.74) is 6.29. The lowest BCUT2D eigenvalue weighted by atomic mass is 10.0. The first-order chi connectivity index (χ1) is 13.9. The number of amides is 3. The maximum Gasteiger partial charge on any atom is 0.243 e. The lowest BCUT2D eigenvalue weighted by molar-refractivity contribution is -0.130. The molecule has 3 amide bonds. The summed E-state index contributed by atoms with van der Waals surface area (Å²) in [6.07, 6.45) is 0.397. The maximum absolute atomic E-state index is 12.7. The molecule has 0 spiro atoms. The van der Waals surface area contributed by atoms with E-state index in [1.165, 1.54) is 6.92 Å². The minimum Gasteiger partial charge on any atom is -0.368 e. The topological polar surface area (TPSA) is 118 Å². The van der Waals surface area contributed by atoms with E-state index in [1.54, 1.807) is 24.3 Å². The van der Waals surface area contributed by atoms with Crippen molar-refractivity contribution in [1.82, 2.24) is 10.6 Å². The maximum atomic E-state index is 12.7. The van der Waals surface area contributed by atoms with Gasteiger partial charge < -0.3 is 16.4 Å². The summed E-state index contributed by atoms with van der Waals surface area (Å²) in [5, 5.41) is 5.19. The molecule has 0 heterocycles. The van der Waals surface area contributed by atoms with E-state index in [1.807, 2.05) is 36.4 Å².